The molecular formula is C33H38N8O4. The van der Waals surface area contributed by atoms with Gasteiger partial charge < -0.3 is 36.7 Å². The topological polar surface area (TPSA) is 184 Å². The number of carbonyl (C=O) groups excluding carboxylic acids is 3. The Balaban J connectivity index is 1.44. The lowest BCUT2D eigenvalue weighted by atomic mass is 10.1. The molecule has 5 rings (SSSR count). The van der Waals surface area contributed by atoms with Gasteiger partial charge in [-0.2, -0.15) is 0 Å². The average molecular weight is 611 g/mol. The van der Waals surface area contributed by atoms with Gasteiger partial charge >= 0.3 is 0 Å². The summed E-state index contributed by atoms with van der Waals surface area (Å²) in [4.78, 5) is 48.5. The summed E-state index contributed by atoms with van der Waals surface area (Å²) in [7, 11) is 0. The lowest BCUT2D eigenvalue weighted by Gasteiger charge is -2.19. The highest BCUT2D eigenvalue weighted by Gasteiger charge is 2.25. The molecule has 12 nitrogen and oxygen atoms in total. The van der Waals surface area contributed by atoms with E-state index in [9.17, 15) is 14.4 Å². The number of hydrogen-bond donors (Lipinski definition) is 4. The van der Waals surface area contributed by atoms with E-state index >= 15 is 0 Å². The smallest absolute Gasteiger partial charge is 0.251 e. The number of rotatable bonds is 14. The molecule has 234 valence electrons. The number of guanidine groups is 1. The molecule has 12 heteroatoms. The molecule has 0 bridgehead atoms. The number of aromatic nitrogens is 2. The largest absolute Gasteiger partial charge is 0.457 e. The molecule has 1 fully saturated rings. The number of primary amides is 1. The highest BCUT2D eigenvalue weighted by Crippen LogP contribution is 2.33. The Morgan fingerprint density at radius 2 is 1.78 bits per heavy atom. The second-order valence-electron chi connectivity index (χ2n) is 10.9. The van der Waals surface area contributed by atoms with Crippen molar-refractivity contribution in [2.24, 2.45) is 22.2 Å². The van der Waals surface area contributed by atoms with Crippen molar-refractivity contribution in [3.05, 3.63) is 78.4 Å². The second-order valence-corrected chi connectivity index (χ2v) is 10.9. The summed E-state index contributed by atoms with van der Waals surface area (Å²) < 4.78 is 7.87. The van der Waals surface area contributed by atoms with Crippen LogP contribution in [0.4, 0.5) is 0 Å². The summed E-state index contributed by atoms with van der Waals surface area (Å²) in [5.74, 6) is 1.14. The molecule has 4 aromatic rings. The van der Waals surface area contributed by atoms with Crippen molar-refractivity contribution >= 4 is 34.7 Å². The zero-order valence-corrected chi connectivity index (χ0v) is 25.0. The summed E-state index contributed by atoms with van der Waals surface area (Å²) in [6, 6.07) is 21.3. The van der Waals surface area contributed by atoms with Crippen LogP contribution in [0.2, 0.25) is 0 Å². The lowest BCUT2D eigenvalue weighted by Crippen LogP contribution is -2.30. The van der Waals surface area contributed by atoms with Gasteiger partial charge in [0.25, 0.3) is 5.91 Å². The number of likely N-dealkylation sites (tertiary alicyclic amines) is 1. The van der Waals surface area contributed by atoms with Gasteiger partial charge in [-0.05, 0) is 68.1 Å². The first-order chi connectivity index (χ1) is 21.8. The molecule has 3 amide bonds. The molecule has 1 aromatic heterocycles. The number of nitrogens with zero attached hydrogens (tertiary/aromatic N) is 4. The number of ether oxygens (including phenoxy) is 1. The first-order valence-electron chi connectivity index (χ1n) is 15.1. The van der Waals surface area contributed by atoms with Crippen LogP contribution in [0.15, 0.2) is 77.8 Å². The molecule has 0 saturated carbocycles. The number of nitrogens with one attached hydrogen (secondary N) is 1. The molecular weight excluding hydrogens is 572 g/mol. The molecule has 1 atom stereocenters. The lowest BCUT2D eigenvalue weighted by molar-refractivity contribution is -0.127. The Morgan fingerprint density at radius 1 is 0.978 bits per heavy atom. The molecule has 1 unspecified atom stereocenters. The van der Waals surface area contributed by atoms with E-state index in [0.717, 1.165) is 13.0 Å². The Kier molecular flexibility index (Phi) is 9.93. The minimum atomic E-state index is -0.758. The number of hydrogen-bond acceptors (Lipinski definition) is 6. The van der Waals surface area contributed by atoms with Crippen LogP contribution in [0.1, 0.15) is 48.5 Å². The van der Waals surface area contributed by atoms with Crippen LogP contribution in [0.5, 0.6) is 11.5 Å². The maximum atomic E-state index is 13.1. The summed E-state index contributed by atoms with van der Waals surface area (Å²) >= 11 is 0. The van der Waals surface area contributed by atoms with E-state index in [-0.39, 0.29) is 17.8 Å². The molecule has 1 aliphatic heterocycles. The Bertz CT molecular complexity index is 1700. The summed E-state index contributed by atoms with van der Waals surface area (Å²) in [6.07, 6.45) is 3.02. The summed E-state index contributed by atoms with van der Waals surface area (Å²) in [5, 5.41) is 2.94. The van der Waals surface area contributed by atoms with Crippen LogP contribution in [-0.4, -0.2) is 64.3 Å². The molecule has 2 heterocycles. The van der Waals surface area contributed by atoms with Crippen LogP contribution in [0, 0.1) is 0 Å². The van der Waals surface area contributed by atoms with Gasteiger partial charge in [-0.3, -0.25) is 19.4 Å². The van der Waals surface area contributed by atoms with E-state index in [0.29, 0.717) is 84.8 Å². The second kappa shape index (κ2) is 14.4. The normalized spacial score (nSPS) is 13.5. The Labute approximate surface area is 261 Å². The highest BCUT2D eigenvalue weighted by molar-refractivity contribution is 5.98. The van der Waals surface area contributed by atoms with Crippen molar-refractivity contribution in [2.75, 3.05) is 26.2 Å². The summed E-state index contributed by atoms with van der Waals surface area (Å²) in [5.41, 5.74) is 19.2. The fraction of sp³-hybridized carbons (Fsp3) is 0.303. The molecule has 7 N–H and O–H groups in total. The monoisotopic (exact) mass is 610 g/mol. The number of aliphatic imine (C=N–C) groups is 1. The first-order valence-corrected chi connectivity index (χ1v) is 15.1. The maximum absolute atomic E-state index is 13.1. The molecule has 1 saturated heterocycles. The first kappa shape index (κ1) is 31.0. The van der Waals surface area contributed by atoms with Crippen LogP contribution >= 0.6 is 0 Å². The minimum Gasteiger partial charge on any atom is -0.457 e. The van der Waals surface area contributed by atoms with E-state index in [4.69, 9.17) is 26.9 Å². The van der Waals surface area contributed by atoms with Gasteiger partial charge in [-0.15, -0.1) is 0 Å². The van der Waals surface area contributed by atoms with E-state index < -0.39 is 11.9 Å². The number of nitrogens with two attached hydrogens (primary N) is 3. The third-order valence-corrected chi connectivity index (χ3v) is 7.65. The predicted octanol–water partition coefficient (Wildman–Crippen LogP) is 3.32. The van der Waals surface area contributed by atoms with E-state index in [1.54, 1.807) is 18.2 Å². The number of amides is 3. The Morgan fingerprint density at radius 3 is 2.51 bits per heavy atom. The van der Waals surface area contributed by atoms with Crippen molar-refractivity contribution in [1.82, 2.24) is 19.8 Å². The van der Waals surface area contributed by atoms with Crippen molar-refractivity contribution < 1.29 is 19.1 Å². The van der Waals surface area contributed by atoms with E-state index in [2.05, 4.69) is 10.3 Å². The van der Waals surface area contributed by atoms with Gasteiger partial charge in [-0.1, -0.05) is 30.3 Å². The average Bonchev–Trinajstić information content (AvgIpc) is 3.62. The third-order valence-electron chi connectivity index (χ3n) is 7.65. The van der Waals surface area contributed by atoms with E-state index in [1.807, 2.05) is 64.1 Å². The molecule has 3 aromatic carbocycles. The highest BCUT2D eigenvalue weighted by atomic mass is 16.5. The molecule has 0 spiro atoms. The minimum absolute atomic E-state index is 0.0232. The number of fused-ring (bicyclic) bond motifs is 1. The molecule has 1 aliphatic rings. The van der Waals surface area contributed by atoms with Gasteiger partial charge in [0.05, 0.1) is 11.0 Å². The van der Waals surface area contributed by atoms with Crippen molar-refractivity contribution in [1.29, 1.82) is 0 Å². The van der Waals surface area contributed by atoms with Gasteiger partial charge in [-0.25, -0.2) is 4.98 Å². The molecule has 45 heavy (non-hydrogen) atoms. The molecule has 0 aliphatic carbocycles. The number of para-hydroxylation sites is 1. The fourth-order valence-corrected chi connectivity index (χ4v) is 5.49. The van der Waals surface area contributed by atoms with E-state index in [1.165, 1.54) is 0 Å². The zero-order valence-electron chi connectivity index (χ0n) is 25.0. The number of benzene rings is 3. The van der Waals surface area contributed by atoms with Gasteiger partial charge in [0, 0.05) is 43.7 Å². The van der Waals surface area contributed by atoms with Crippen molar-refractivity contribution in [2.45, 2.75) is 38.1 Å². The standard InChI is InChI=1S/C33H38N8O4/c34-30(43)28(12-5-16-38-33(35)36)41-27-15-14-23(32(44)37-17-7-19-40-18-6-13-29(40)42)21-26(27)39-31(41)22-8-4-11-25(20-22)45-24-9-2-1-3-10-24/h1-4,8-11,14-15,20-21,28H,5-7,12-13,16-19H2,(H2,34,43)(H,37,44)(H4,35,36,38). The zero-order chi connectivity index (χ0) is 31.8. The van der Waals surface area contributed by atoms with Crippen LogP contribution < -0.4 is 27.3 Å². The quantitative estimate of drug-likeness (QED) is 0.0958. The van der Waals surface area contributed by atoms with Gasteiger partial charge in [0.2, 0.25) is 11.8 Å². The molecule has 0 radical (unpaired) electrons. The van der Waals surface area contributed by atoms with Crippen LogP contribution in [0.25, 0.3) is 22.4 Å². The van der Waals surface area contributed by atoms with Crippen LogP contribution in [-0.2, 0) is 9.59 Å². The number of carbonyl (C=O) groups is 3. The van der Waals surface area contributed by atoms with Gasteiger partial charge in [0.1, 0.15) is 23.4 Å². The third kappa shape index (κ3) is 7.77. The van der Waals surface area contributed by atoms with Crippen LogP contribution in [0.3, 0.4) is 0 Å². The fourth-order valence-electron chi connectivity index (χ4n) is 5.49. The summed E-state index contributed by atoms with van der Waals surface area (Å²) in [6.45, 7) is 2.17. The van der Waals surface area contributed by atoms with Gasteiger partial charge in [0.15, 0.2) is 5.96 Å². The Hall–Kier alpha value is -5.39. The number of imidazole rings is 1. The SMILES string of the molecule is NC(=O)C(CCCN=C(N)N)n1c(-c2cccc(Oc3ccccc3)c2)nc2cc(C(=O)NCCCN3CCCC3=O)ccc21. The predicted molar refractivity (Wildman–Crippen MR) is 173 cm³/mol. The maximum Gasteiger partial charge on any atom is 0.251 e. The van der Waals surface area contributed by atoms with Crippen molar-refractivity contribution in [3.8, 4) is 22.9 Å². The van der Waals surface area contributed by atoms with Crippen molar-refractivity contribution in [3.63, 3.8) is 0 Å².